The molecule has 4 heterocycles. The number of aromatic hydroxyl groups is 3. The van der Waals surface area contributed by atoms with Gasteiger partial charge in [-0.15, -0.1) is 0 Å². The van der Waals surface area contributed by atoms with Crippen molar-refractivity contribution in [3.63, 3.8) is 0 Å². The molecule has 1 saturated heterocycles. The summed E-state index contributed by atoms with van der Waals surface area (Å²) in [5.74, 6) is 1.47. The van der Waals surface area contributed by atoms with E-state index in [2.05, 4.69) is 36.7 Å². The molecule has 8 rings (SSSR count). The van der Waals surface area contributed by atoms with Crippen LogP contribution in [0.3, 0.4) is 0 Å². The highest BCUT2D eigenvalue weighted by Crippen LogP contribution is 2.38. The lowest BCUT2D eigenvalue weighted by Gasteiger charge is -2.38. The zero-order valence-electron chi connectivity index (χ0n) is 35.2. The van der Waals surface area contributed by atoms with Gasteiger partial charge in [0.25, 0.3) is 0 Å². The highest BCUT2D eigenvalue weighted by molar-refractivity contribution is 5.95. The monoisotopic (exact) mass is 840 g/mol. The highest BCUT2D eigenvalue weighted by atomic mass is 16.3. The first-order valence-electron chi connectivity index (χ1n) is 21.2. The first-order chi connectivity index (χ1) is 30.0. The lowest BCUT2D eigenvalue weighted by molar-refractivity contribution is -0.131. The summed E-state index contributed by atoms with van der Waals surface area (Å²) in [7, 11) is 0. The van der Waals surface area contributed by atoms with E-state index in [1.165, 1.54) is 10.6 Å². The Hall–Kier alpha value is -7.10. The third kappa shape index (κ3) is 8.71. The van der Waals surface area contributed by atoms with Crippen LogP contribution in [0.5, 0.6) is 17.2 Å². The number of nitrogens with one attached hydrogen (secondary N) is 3. The number of fused-ring (bicyclic) bond motifs is 2. The summed E-state index contributed by atoms with van der Waals surface area (Å²) >= 11 is 0. The molecule has 2 aromatic heterocycles. The minimum absolute atomic E-state index is 0.0225. The molecule has 4 aromatic carbocycles. The molecule has 0 bridgehead atoms. The van der Waals surface area contributed by atoms with Crippen molar-refractivity contribution >= 4 is 40.0 Å². The Bertz CT molecular complexity index is 2670. The lowest BCUT2D eigenvalue weighted by Crippen LogP contribution is -2.49. The number of rotatable bonds is 13. The van der Waals surface area contributed by atoms with Crippen molar-refractivity contribution < 1.29 is 24.9 Å². The van der Waals surface area contributed by atoms with Gasteiger partial charge in [0.15, 0.2) is 5.82 Å². The van der Waals surface area contributed by atoms with Gasteiger partial charge in [-0.05, 0) is 59.5 Å². The summed E-state index contributed by atoms with van der Waals surface area (Å²) in [6.07, 6.45) is 1.94. The van der Waals surface area contributed by atoms with Crippen molar-refractivity contribution in [2.45, 2.75) is 58.9 Å². The summed E-state index contributed by atoms with van der Waals surface area (Å²) in [6.45, 7) is 10.2. The van der Waals surface area contributed by atoms with Gasteiger partial charge in [0, 0.05) is 87.4 Å². The van der Waals surface area contributed by atoms with E-state index in [4.69, 9.17) is 9.97 Å². The lowest BCUT2D eigenvalue weighted by atomic mass is 9.98. The Morgan fingerprint density at radius 2 is 1.65 bits per heavy atom. The summed E-state index contributed by atoms with van der Waals surface area (Å²) in [4.78, 5) is 54.6. The van der Waals surface area contributed by atoms with Gasteiger partial charge in [-0.25, -0.2) is 19.4 Å². The number of benzene rings is 4. The summed E-state index contributed by atoms with van der Waals surface area (Å²) in [6, 6.07) is 21.8. The maximum atomic E-state index is 13.0. The molecule has 0 saturated carbocycles. The van der Waals surface area contributed by atoms with E-state index in [0.717, 1.165) is 45.6 Å². The second-order valence-electron chi connectivity index (χ2n) is 16.1. The summed E-state index contributed by atoms with van der Waals surface area (Å²) < 4.78 is 1.37. The molecule has 6 aromatic rings. The molecular weight excluding hydrogens is 789 g/mol. The Labute approximate surface area is 358 Å². The predicted molar refractivity (Wildman–Crippen MR) is 238 cm³/mol. The van der Waals surface area contributed by atoms with Crippen LogP contribution in [0.1, 0.15) is 61.9 Å². The molecule has 62 heavy (non-hydrogen) atoms. The fraction of sp³-hybridized carbons (Fsp3) is 0.348. The van der Waals surface area contributed by atoms with Crippen LogP contribution in [-0.4, -0.2) is 103 Å². The molecule has 0 unspecified atom stereocenters. The maximum absolute atomic E-state index is 13.0. The predicted octanol–water partition coefficient (Wildman–Crippen LogP) is 5.19. The van der Waals surface area contributed by atoms with Crippen LogP contribution < -0.4 is 26.1 Å². The van der Waals surface area contributed by atoms with Gasteiger partial charge in [0.1, 0.15) is 23.1 Å². The number of hydrogen-bond acceptors (Lipinski definition) is 12. The molecule has 0 radical (unpaired) electrons. The van der Waals surface area contributed by atoms with Crippen molar-refractivity contribution in [1.82, 2.24) is 34.9 Å². The molecule has 0 aliphatic carbocycles. The number of H-pyrrole nitrogens is 1. The zero-order valence-corrected chi connectivity index (χ0v) is 35.2. The molecule has 1 fully saturated rings. The second kappa shape index (κ2) is 17.9. The first kappa shape index (κ1) is 41.6. The van der Waals surface area contributed by atoms with Crippen LogP contribution in [0, 0.1) is 0 Å². The third-order valence-electron chi connectivity index (χ3n) is 11.7. The average Bonchev–Trinajstić information content (AvgIpc) is 3.65. The number of aromatic nitrogens is 5. The van der Waals surface area contributed by atoms with E-state index in [9.17, 15) is 29.7 Å². The number of phenolic OH excluding ortho intramolecular Hbond substituents is 3. The van der Waals surface area contributed by atoms with Gasteiger partial charge >= 0.3 is 5.69 Å². The normalized spacial score (nSPS) is 14.0. The van der Waals surface area contributed by atoms with Gasteiger partial charge in [0.2, 0.25) is 17.8 Å². The van der Waals surface area contributed by atoms with Crippen molar-refractivity contribution in [2.75, 3.05) is 60.9 Å². The van der Waals surface area contributed by atoms with Crippen molar-refractivity contribution in [3.05, 3.63) is 106 Å². The molecule has 16 heteroatoms. The van der Waals surface area contributed by atoms with Crippen molar-refractivity contribution in [2.24, 2.45) is 0 Å². The van der Waals surface area contributed by atoms with Crippen LogP contribution >= 0.6 is 0 Å². The number of phenols is 3. The Balaban J connectivity index is 0.908. The number of carbonyl (C=O) groups is 2. The molecule has 16 nitrogen and oxygen atoms in total. The number of aromatic amines is 1. The molecule has 322 valence electrons. The highest BCUT2D eigenvalue weighted by Gasteiger charge is 2.29. The number of anilines is 3. The van der Waals surface area contributed by atoms with Crippen LogP contribution in [0.2, 0.25) is 0 Å². The van der Waals surface area contributed by atoms with Crippen LogP contribution in [0.15, 0.2) is 77.6 Å². The zero-order chi connectivity index (χ0) is 43.5. The molecular formula is C46H52N10O6. The fourth-order valence-electron chi connectivity index (χ4n) is 8.37. The van der Waals surface area contributed by atoms with Crippen molar-refractivity contribution in [3.8, 4) is 34.3 Å². The van der Waals surface area contributed by atoms with Crippen LogP contribution in [0.4, 0.5) is 17.5 Å². The van der Waals surface area contributed by atoms with E-state index >= 15 is 0 Å². The topological polar surface area (TPSA) is 205 Å². The minimum Gasteiger partial charge on any atom is -0.508 e. The van der Waals surface area contributed by atoms with Crippen LogP contribution in [0.25, 0.3) is 27.8 Å². The van der Waals surface area contributed by atoms with Crippen LogP contribution in [-0.2, 0) is 29.0 Å². The summed E-state index contributed by atoms with van der Waals surface area (Å²) in [5, 5.41) is 46.5. The van der Waals surface area contributed by atoms with Gasteiger partial charge in [-0.2, -0.15) is 10.1 Å². The summed E-state index contributed by atoms with van der Waals surface area (Å²) in [5.41, 5.74) is 4.84. The number of nitrogens with zero attached hydrogens (tertiary/aromatic N) is 7. The smallest absolute Gasteiger partial charge is 0.348 e. The Morgan fingerprint density at radius 3 is 2.40 bits per heavy atom. The maximum Gasteiger partial charge on any atom is 0.348 e. The number of carbonyl (C=O) groups excluding carboxylic acids is 2. The van der Waals surface area contributed by atoms with E-state index in [-0.39, 0.29) is 47.2 Å². The first-order valence-corrected chi connectivity index (χ1v) is 21.2. The van der Waals surface area contributed by atoms with Gasteiger partial charge in [-0.3, -0.25) is 9.59 Å². The van der Waals surface area contributed by atoms with Gasteiger partial charge in [0.05, 0.1) is 23.5 Å². The molecule has 2 aliphatic rings. The van der Waals surface area contributed by atoms with E-state index in [1.54, 1.807) is 30.3 Å². The second-order valence-corrected chi connectivity index (χ2v) is 16.1. The van der Waals surface area contributed by atoms with Crippen molar-refractivity contribution in [1.29, 1.82) is 0 Å². The number of hydrogen-bond donors (Lipinski definition) is 6. The van der Waals surface area contributed by atoms with Gasteiger partial charge in [-0.1, -0.05) is 57.2 Å². The Morgan fingerprint density at radius 1 is 0.871 bits per heavy atom. The largest absolute Gasteiger partial charge is 0.508 e. The number of piperazine rings is 1. The average molecular weight is 841 g/mol. The third-order valence-corrected chi connectivity index (χ3v) is 11.7. The fourth-order valence-corrected chi connectivity index (χ4v) is 8.37. The Kier molecular flexibility index (Phi) is 12.0. The van der Waals surface area contributed by atoms with E-state index in [1.807, 2.05) is 56.0 Å². The molecule has 0 atom stereocenters. The minimum atomic E-state index is -0.476. The standard InChI is InChI=1S/C46H52N10O6/c1-4-42(61)53-19-21-54(22-20-53)43-34-15-18-55(38-24-32(57)23-30-7-5-6-8-33(30)38)27-37(34)49-45(50-43)48-17-14-41(60)47-16-13-29-9-11-31(12-10-29)56-44(51-52-46(56)62)36-25-35(28(2)3)39(58)26-40(36)59/h5-12,23-26,28,57-59H,4,13-22,27H2,1-3H3,(H,47,60)(H,52,62)(H,48,49,50). The number of amides is 2. The van der Waals surface area contributed by atoms with E-state index in [0.29, 0.717) is 87.8 Å². The van der Waals surface area contributed by atoms with E-state index < -0.39 is 5.69 Å². The quantitative estimate of drug-likeness (QED) is 0.0889. The molecule has 2 aliphatic heterocycles. The molecule has 0 spiro atoms. The SMILES string of the molecule is CCC(=O)N1CCN(c2nc(NCCC(=O)NCCc3ccc(-n4c(-c5cc(C(C)C)c(O)cc5O)n[nH]c4=O)cc3)nc3c2CCN(c2cc(O)cc4ccccc24)C3)CC1. The van der Waals surface area contributed by atoms with Gasteiger partial charge < -0.3 is 40.7 Å². The molecule has 2 amide bonds. The molecule has 6 N–H and O–H groups in total.